The average molecular weight is 149 g/mol. The van der Waals surface area contributed by atoms with Crippen LogP contribution in [-0.2, 0) is 0 Å². The van der Waals surface area contributed by atoms with Crippen molar-refractivity contribution in [1.82, 2.24) is 0 Å². The molecule has 5 heavy (non-hydrogen) atoms. The van der Waals surface area contributed by atoms with E-state index in [9.17, 15) is 0 Å². The molecule has 0 heterocycles. The second kappa shape index (κ2) is 4.76. The maximum Gasteiger partial charge on any atom is -0.0125 e. The van der Waals surface area contributed by atoms with Crippen LogP contribution >= 0.6 is 0 Å². The minimum Gasteiger partial charge on any atom is -0.0125 e. The first kappa shape index (κ1) is 9.23. The van der Waals surface area contributed by atoms with Crippen LogP contribution in [0.15, 0.2) is 0 Å². The molecule has 0 atom stereocenters. The van der Waals surface area contributed by atoms with Gasteiger partial charge in [-0.05, 0) is 11.0 Å². The van der Waals surface area contributed by atoms with Gasteiger partial charge in [0.1, 0.15) is 0 Å². The molecule has 0 aliphatic carbocycles. The van der Waals surface area contributed by atoms with Gasteiger partial charge in [-0.2, -0.15) is 0 Å². The Bertz CT molecular complexity index is 11.6. The van der Waals surface area contributed by atoms with Gasteiger partial charge in [0.15, 0.2) is 0 Å². The van der Waals surface area contributed by atoms with Crippen molar-refractivity contribution < 1.29 is 0 Å². The van der Waals surface area contributed by atoms with E-state index >= 15 is 0 Å². The molecule has 0 aromatic rings. The molecule has 0 aromatic carbocycles. The van der Waals surface area contributed by atoms with Gasteiger partial charge in [0, 0.05) is 0 Å². The monoisotopic (exact) mass is 150 g/mol. The summed E-state index contributed by atoms with van der Waals surface area (Å²) in [6, 6.07) is 0. The SMILES string of the molecule is [CH3][Ge]([CH3])[CH3].[SiH3]. The van der Waals surface area contributed by atoms with Crippen molar-refractivity contribution in [1.29, 1.82) is 0 Å². The Morgan fingerprint density at radius 1 is 1.00 bits per heavy atom. The molecule has 0 bridgehead atoms. The van der Waals surface area contributed by atoms with E-state index in [1.165, 1.54) is 0 Å². The minimum absolute atomic E-state index is 0. The van der Waals surface area contributed by atoms with Crippen LogP contribution in [0.5, 0.6) is 0 Å². The Morgan fingerprint density at radius 3 is 1.00 bits per heavy atom. The first-order chi connectivity index (χ1) is 1.73. The summed E-state index contributed by atoms with van der Waals surface area (Å²) in [4.78, 5) is 0. The van der Waals surface area contributed by atoms with Crippen LogP contribution in [0, 0.1) is 0 Å². The molecule has 0 saturated carbocycles. The number of rotatable bonds is 0. The molecule has 0 fully saturated rings. The zero-order valence-corrected chi connectivity index (χ0v) is 8.60. The van der Waals surface area contributed by atoms with Crippen LogP contribution in [0.25, 0.3) is 0 Å². The van der Waals surface area contributed by atoms with E-state index in [1.807, 2.05) is 0 Å². The molecule has 0 rings (SSSR count). The summed E-state index contributed by atoms with van der Waals surface area (Å²) < 4.78 is 0. The number of hydrogen-bond acceptors (Lipinski definition) is 0. The van der Waals surface area contributed by atoms with Gasteiger partial charge in [-0.15, -0.1) is 0 Å². The first-order valence-electron chi connectivity index (χ1n) is 1.50. The third kappa shape index (κ3) is 62.8. The molecule has 32 valence electrons. The van der Waals surface area contributed by atoms with E-state index in [0.29, 0.717) is 0 Å². The summed E-state index contributed by atoms with van der Waals surface area (Å²) in [6.07, 6.45) is 0. The Kier molecular flexibility index (Phi) is 8.79. The molecule has 2 heteroatoms. The van der Waals surface area contributed by atoms with E-state index in [1.54, 1.807) is 0 Å². The molecular formula is C3H12GeSi. The maximum atomic E-state index is 2.33. The van der Waals surface area contributed by atoms with Gasteiger partial charge in [0.25, 0.3) is 0 Å². The van der Waals surface area contributed by atoms with Crippen molar-refractivity contribution >= 4 is 25.3 Å². The standard InChI is InChI=1S/C3H9Ge.H3Si/c1-4(2)3;/h1-3H3;1H3. The third-order valence-corrected chi connectivity index (χ3v) is 0. The van der Waals surface area contributed by atoms with Crippen LogP contribution in [0.3, 0.4) is 0 Å². The maximum absolute atomic E-state index is 2.33. The molecule has 0 spiro atoms. The first-order valence-corrected chi connectivity index (χ1v) is 7.79. The van der Waals surface area contributed by atoms with Crippen LogP contribution in [0.2, 0.25) is 17.3 Å². The summed E-state index contributed by atoms with van der Waals surface area (Å²) in [7, 11) is 0. The van der Waals surface area contributed by atoms with Crippen LogP contribution in [0.4, 0.5) is 0 Å². The molecule has 0 amide bonds. The average Bonchev–Trinajstić information content (AvgIpc) is 0.811. The van der Waals surface area contributed by atoms with Gasteiger partial charge in [-0.1, -0.05) is 0 Å². The zero-order chi connectivity index (χ0) is 3.58. The fraction of sp³-hybridized carbons (Fsp3) is 1.00. The quantitative estimate of drug-likeness (QED) is 0.431. The third-order valence-electron chi connectivity index (χ3n) is 0. The molecule has 2 radical (unpaired) electrons. The van der Waals surface area contributed by atoms with Gasteiger partial charge >= 0.3 is 31.6 Å². The van der Waals surface area contributed by atoms with Crippen LogP contribution in [-0.4, -0.2) is 25.3 Å². The Labute approximate surface area is 43.1 Å². The largest absolute Gasteiger partial charge is 0.0125 e. The Balaban J connectivity index is 0. The molecule has 0 nitrogen and oxygen atoms in total. The summed E-state index contributed by atoms with van der Waals surface area (Å²) in [5, 5.41) is 0. The Morgan fingerprint density at radius 2 is 1.00 bits per heavy atom. The van der Waals surface area contributed by atoms with Crippen LogP contribution < -0.4 is 0 Å². The summed E-state index contributed by atoms with van der Waals surface area (Å²) in [5.41, 5.74) is 0. The van der Waals surface area contributed by atoms with Crippen molar-refractivity contribution in [2.45, 2.75) is 17.3 Å². The van der Waals surface area contributed by atoms with E-state index in [4.69, 9.17) is 0 Å². The summed E-state index contributed by atoms with van der Waals surface area (Å²) in [6.45, 7) is 0. The van der Waals surface area contributed by atoms with Gasteiger partial charge in [-0.3, -0.25) is 0 Å². The van der Waals surface area contributed by atoms with E-state index in [2.05, 4.69) is 17.3 Å². The van der Waals surface area contributed by atoms with Gasteiger partial charge in [-0.25, -0.2) is 0 Å². The Hall–Kier alpha value is 0.760. The molecular weight excluding hydrogens is 137 g/mol. The van der Waals surface area contributed by atoms with E-state index in [0.717, 1.165) is 0 Å². The summed E-state index contributed by atoms with van der Waals surface area (Å²) >= 11 is -0.333. The predicted octanol–water partition coefficient (Wildman–Crippen LogP) is 0.187. The van der Waals surface area contributed by atoms with Gasteiger partial charge in [0.2, 0.25) is 0 Å². The number of hydrogen-bond donors (Lipinski definition) is 0. The molecule has 0 saturated heterocycles. The van der Waals surface area contributed by atoms with E-state index < -0.39 is 0 Å². The fourth-order valence-electron chi connectivity index (χ4n) is 0. The normalized spacial score (nSPS) is 7.20. The molecule has 0 N–H and O–H groups in total. The second-order valence-electron chi connectivity index (χ2n) is 1.50. The van der Waals surface area contributed by atoms with Crippen molar-refractivity contribution in [3.63, 3.8) is 0 Å². The van der Waals surface area contributed by atoms with Crippen molar-refractivity contribution in [2.24, 2.45) is 0 Å². The zero-order valence-electron chi connectivity index (χ0n) is 4.50. The smallest absolute Gasteiger partial charge is 0.0125 e. The minimum atomic E-state index is -0.333. The second-order valence-corrected chi connectivity index (χ2v) is 7.79. The van der Waals surface area contributed by atoms with Crippen molar-refractivity contribution in [3.8, 4) is 0 Å². The molecule has 0 aliphatic rings. The van der Waals surface area contributed by atoms with Crippen molar-refractivity contribution in [2.75, 3.05) is 0 Å². The summed E-state index contributed by atoms with van der Waals surface area (Å²) in [5.74, 6) is 7.00. The topological polar surface area (TPSA) is 0 Å². The molecule has 0 aliphatic heterocycles. The van der Waals surface area contributed by atoms with Crippen LogP contribution in [0.1, 0.15) is 0 Å². The van der Waals surface area contributed by atoms with Gasteiger partial charge in [0.05, 0.1) is 0 Å². The van der Waals surface area contributed by atoms with Crippen molar-refractivity contribution in [3.05, 3.63) is 0 Å². The molecule has 0 unspecified atom stereocenters. The van der Waals surface area contributed by atoms with Gasteiger partial charge < -0.3 is 0 Å². The predicted molar refractivity (Wildman–Crippen MR) is 33.3 cm³/mol. The van der Waals surface area contributed by atoms with E-state index in [-0.39, 0.29) is 25.3 Å². The molecule has 0 aromatic heterocycles. The fourth-order valence-corrected chi connectivity index (χ4v) is 0.